The van der Waals surface area contributed by atoms with Crippen molar-refractivity contribution in [1.29, 1.82) is 0 Å². The van der Waals surface area contributed by atoms with Crippen molar-refractivity contribution in [1.82, 2.24) is 9.80 Å². The quantitative estimate of drug-likeness (QED) is 0.0590. The van der Waals surface area contributed by atoms with Gasteiger partial charge < -0.3 is 34.6 Å². The lowest BCUT2D eigenvalue weighted by molar-refractivity contribution is -0.148. The van der Waals surface area contributed by atoms with Gasteiger partial charge in [-0.05, 0) is 93.8 Å². The van der Waals surface area contributed by atoms with Crippen LogP contribution in [0.15, 0.2) is 109 Å². The van der Waals surface area contributed by atoms with Crippen LogP contribution < -0.4 is 0 Å². The number of rotatable bonds is 20. The molecule has 1 fully saturated rings. The van der Waals surface area contributed by atoms with Gasteiger partial charge in [0, 0.05) is 24.5 Å². The van der Waals surface area contributed by atoms with Crippen molar-refractivity contribution in [2.45, 2.75) is 69.2 Å². The molecule has 1 amide bonds. The number of allylic oxidation sites excluding steroid dienone is 3. The van der Waals surface area contributed by atoms with Crippen LogP contribution in [0.25, 0.3) is 0 Å². The van der Waals surface area contributed by atoms with Gasteiger partial charge in [0.1, 0.15) is 18.8 Å². The molecule has 1 saturated heterocycles. The van der Waals surface area contributed by atoms with Gasteiger partial charge in [0.25, 0.3) is 0 Å². The van der Waals surface area contributed by atoms with Crippen molar-refractivity contribution >= 4 is 33.7 Å². The third kappa shape index (κ3) is 12.5. The number of esters is 1. The minimum atomic E-state index is -1.03. The number of likely N-dealkylation sites (tertiary alicyclic amines) is 1. The molecule has 0 saturated carbocycles. The van der Waals surface area contributed by atoms with Gasteiger partial charge in [0.05, 0.1) is 24.2 Å². The molecule has 3 N–H and O–H groups in total. The Kier molecular flexibility index (Phi) is 17.2. The Balaban J connectivity index is 0.953. The highest BCUT2D eigenvalue weighted by Gasteiger charge is 2.41. The number of carbonyl (C=O) groups is 2. The Bertz CT molecular complexity index is 1690. The summed E-state index contributed by atoms with van der Waals surface area (Å²) in [6.07, 6.45) is 10.1. The fraction of sp³-hybridized carbons (Fsp3) is 0.478. The second kappa shape index (κ2) is 22.0. The maximum atomic E-state index is 13.1. The molecule has 3 atom stereocenters. The first-order valence-electron chi connectivity index (χ1n) is 20.1. The zero-order valence-corrected chi connectivity index (χ0v) is 35.2. The number of aliphatic hydroxyl groups excluding tert-OH is 2. The molecule has 0 radical (unpaired) electrons. The van der Waals surface area contributed by atoms with E-state index < -0.39 is 29.3 Å². The number of carbonyl (C=O) groups excluding carboxylic acids is 2. The molecular formula is C46H60N2O7S2. The van der Waals surface area contributed by atoms with Crippen LogP contribution in [0.3, 0.4) is 0 Å². The van der Waals surface area contributed by atoms with Crippen LogP contribution in [0.2, 0.25) is 0 Å². The molecule has 11 heteroatoms. The van der Waals surface area contributed by atoms with E-state index in [1.807, 2.05) is 123 Å². The van der Waals surface area contributed by atoms with Crippen molar-refractivity contribution in [2.24, 2.45) is 11.8 Å². The topological polar surface area (TPSA) is 120 Å². The van der Waals surface area contributed by atoms with Crippen molar-refractivity contribution < 1.29 is 34.4 Å². The number of piperidine rings is 1. The highest BCUT2D eigenvalue weighted by atomic mass is 33.1. The van der Waals surface area contributed by atoms with Crippen molar-refractivity contribution in [3.63, 3.8) is 0 Å². The number of amides is 1. The zero-order chi connectivity index (χ0) is 40.7. The molecule has 1 aliphatic carbocycles. The number of ether oxygens (including phenoxy) is 2. The first-order valence-corrected chi connectivity index (χ1v) is 22.6. The molecule has 3 aromatic carbocycles. The summed E-state index contributed by atoms with van der Waals surface area (Å²) in [5, 5.41) is 33.6. The van der Waals surface area contributed by atoms with E-state index in [1.165, 1.54) is 4.90 Å². The molecule has 0 aromatic heterocycles. The predicted molar refractivity (Wildman–Crippen MR) is 231 cm³/mol. The van der Waals surface area contributed by atoms with Crippen LogP contribution in [0, 0.1) is 11.8 Å². The Labute approximate surface area is 346 Å². The van der Waals surface area contributed by atoms with E-state index in [1.54, 1.807) is 28.6 Å². The molecule has 9 nitrogen and oxygen atoms in total. The number of aliphatic hydroxyl groups is 3. The van der Waals surface area contributed by atoms with Gasteiger partial charge in [0.15, 0.2) is 0 Å². The van der Waals surface area contributed by atoms with E-state index in [9.17, 15) is 24.9 Å². The molecule has 308 valence electrons. The van der Waals surface area contributed by atoms with Crippen LogP contribution in [0.1, 0.15) is 74.3 Å². The average molecular weight is 817 g/mol. The summed E-state index contributed by atoms with van der Waals surface area (Å²) < 4.78 is 11.0. The summed E-state index contributed by atoms with van der Waals surface area (Å²) in [4.78, 5) is 29.2. The molecular weight excluding hydrogens is 757 g/mol. The normalized spacial score (nSPS) is 17.5. The maximum absolute atomic E-state index is 13.1. The van der Waals surface area contributed by atoms with Crippen molar-refractivity contribution in [3.8, 4) is 0 Å². The Morgan fingerprint density at radius 1 is 0.842 bits per heavy atom. The van der Waals surface area contributed by atoms with Gasteiger partial charge in [0.2, 0.25) is 0 Å². The maximum Gasteiger partial charge on any atom is 0.409 e. The second-order valence-electron chi connectivity index (χ2n) is 15.6. The summed E-state index contributed by atoms with van der Waals surface area (Å²) in [6, 6.07) is 27.7. The Morgan fingerprint density at radius 2 is 1.44 bits per heavy atom. The molecule has 2 aliphatic rings. The lowest BCUT2D eigenvalue weighted by atomic mass is 9.72. The highest BCUT2D eigenvalue weighted by Crippen LogP contribution is 2.42. The number of benzene rings is 3. The molecule has 1 heterocycles. The number of hydrogen-bond donors (Lipinski definition) is 3. The first-order chi connectivity index (χ1) is 27.5. The standard InChI is InChI=1S/C46H60N2O7S2/c1-45(2,43(51)54-30-32-56-57-33-31-55-44(52)47(3)34-42(50)35-14-7-4-8-15-35)37-23-21-36(22-24-37)41(49)20-13-27-48-28-25-40(26-29-48)46(53,38-16-9-5-10-17-38)39-18-11-6-12-19-39/h4-12,14,16-19,21-24,35,40-42,49-50,53H,13,15,20,25-34H2,1-3H3/t35?,41?,42-/m1/s1. The lowest BCUT2D eigenvalue weighted by Gasteiger charge is -2.42. The molecule has 0 bridgehead atoms. The van der Waals surface area contributed by atoms with Gasteiger partial charge in [-0.3, -0.25) is 4.79 Å². The lowest BCUT2D eigenvalue weighted by Crippen LogP contribution is -2.44. The molecule has 3 aromatic rings. The molecule has 2 unspecified atom stereocenters. The number of likely N-dealkylation sites (N-methyl/N-ethyl adjacent to an activating group) is 1. The van der Waals surface area contributed by atoms with Crippen LogP contribution >= 0.6 is 21.6 Å². The van der Waals surface area contributed by atoms with Crippen LogP contribution in [-0.2, 0) is 25.3 Å². The Morgan fingerprint density at radius 3 is 2.02 bits per heavy atom. The molecule has 1 aliphatic heterocycles. The largest absolute Gasteiger partial charge is 0.464 e. The minimum absolute atomic E-state index is 0.00340. The second-order valence-corrected chi connectivity index (χ2v) is 18.3. The van der Waals surface area contributed by atoms with Gasteiger partial charge in [-0.15, -0.1) is 0 Å². The third-order valence-corrected chi connectivity index (χ3v) is 13.6. The van der Waals surface area contributed by atoms with E-state index in [2.05, 4.69) is 4.90 Å². The third-order valence-electron chi connectivity index (χ3n) is 11.2. The van der Waals surface area contributed by atoms with Gasteiger partial charge in [-0.2, -0.15) is 0 Å². The summed E-state index contributed by atoms with van der Waals surface area (Å²) in [7, 11) is 4.72. The Hall–Kier alpha value is -3.58. The molecule has 0 spiro atoms. The van der Waals surface area contributed by atoms with Crippen LogP contribution in [0.4, 0.5) is 4.79 Å². The first kappa shape index (κ1) is 44.5. The van der Waals surface area contributed by atoms with Gasteiger partial charge >= 0.3 is 12.1 Å². The smallest absolute Gasteiger partial charge is 0.409 e. The summed E-state index contributed by atoms with van der Waals surface area (Å²) in [5.41, 5.74) is 1.65. The average Bonchev–Trinajstić information content (AvgIpc) is 3.25. The molecule has 57 heavy (non-hydrogen) atoms. The van der Waals surface area contributed by atoms with Crippen LogP contribution in [0.5, 0.6) is 0 Å². The van der Waals surface area contributed by atoms with Crippen molar-refractivity contribution in [2.75, 3.05) is 57.9 Å². The minimum Gasteiger partial charge on any atom is -0.464 e. The fourth-order valence-electron chi connectivity index (χ4n) is 7.63. The fourth-order valence-corrected chi connectivity index (χ4v) is 9.28. The van der Waals surface area contributed by atoms with Gasteiger partial charge in [-0.1, -0.05) is 131 Å². The van der Waals surface area contributed by atoms with E-state index >= 15 is 0 Å². The summed E-state index contributed by atoms with van der Waals surface area (Å²) in [6.45, 7) is 7.11. The predicted octanol–water partition coefficient (Wildman–Crippen LogP) is 7.91. The van der Waals surface area contributed by atoms with Crippen LogP contribution in [-0.4, -0.2) is 101 Å². The molecule has 5 rings (SSSR count). The SMILES string of the molecule is CN(C[C@@H](O)C1C=CC=CC1)C(=O)OCCSSCCOC(=O)C(C)(C)c1ccc(C(O)CCCN2CCC(C(O)(c3ccccc3)c3ccccc3)CC2)cc1. The summed E-state index contributed by atoms with van der Waals surface area (Å²) >= 11 is 0. The monoisotopic (exact) mass is 816 g/mol. The van der Waals surface area contributed by atoms with E-state index in [-0.39, 0.29) is 37.6 Å². The van der Waals surface area contributed by atoms with Crippen molar-refractivity contribution in [3.05, 3.63) is 131 Å². The number of hydrogen-bond acceptors (Lipinski definition) is 10. The summed E-state index contributed by atoms with van der Waals surface area (Å²) in [5.74, 6) is 0.989. The van der Waals surface area contributed by atoms with E-state index in [0.717, 1.165) is 67.6 Å². The zero-order valence-electron chi connectivity index (χ0n) is 33.6. The van der Waals surface area contributed by atoms with E-state index in [0.29, 0.717) is 17.9 Å². The highest BCUT2D eigenvalue weighted by molar-refractivity contribution is 8.76. The number of nitrogens with zero attached hydrogens (tertiary/aromatic N) is 2. The van der Waals surface area contributed by atoms with Gasteiger partial charge in [-0.25, -0.2) is 4.79 Å². The van der Waals surface area contributed by atoms with E-state index in [4.69, 9.17) is 9.47 Å².